The molecule has 0 aliphatic carbocycles. The lowest BCUT2D eigenvalue weighted by Crippen LogP contribution is -2.48. The maximum absolute atomic E-state index is 12.7. The van der Waals surface area contributed by atoms with Gasteiger partial charge >= 0.3 is 12.1 Å². The number of carbonyl (C=O) groups is 2. The van der Waals surface area contributed by atoms with E-state index in [1.54, 1.807) is 0 Å². The molecule has 1 amide bonds. The summed E-state index contributed by atoms with van der Waals surface area (Å²) in [5.74, 6) is -1.71. The molecule has 0 saturated carbocycles. The molecule has 1 aliphatic rings. The summed E-state index contributed by atoms with van der Waals surface area (Å²) in [7, 11) is 0. The monoisotopic (exact) mass is 496 g/mol. The number of benzene rings is 2. The van der Waals surface area contributed by atoms with Gasteiger partial charge in [-0.1, -0.05) is 35.9 Å². The molecule has 1 aliphatic heterocycles. The fourth-order valence-electron chi connectivity index (χ4n) is 3.62. The number of amides is 1. The van der Waals surface area contributed by atoms with Crippen LogP contribution in [-0.4, -0.2) is 57.7 Å². The van der Waals surface area contributed by atoms with E-state index in [-0.39, 0.29) is 11.9 Å². The van der Waals surface area contributed by atoms with Gasteiger partial charge in [-0.15, -0.1) is 0 Å². The summed E-state index contributed by atoms with van der Waals surface area (Å²) in [6, 6.07) is 14.1. The maximum Gasteiger partial charge on any atom is 0.490 e. The Bertz CT molecular complexity index is 1150. The zero-order chi connectivity index (χ0) is 24.9. The van der Waals surface area contributed by atoms with Crippen LogP contribution in [0.2, 0.25) is 5.02 Å². The first-order chi connectivity index (χ1) is 16.0. The normalized spacial score (nSPS) is 16.1. The van der Waals surface area contributed by atoms with E-state index in [9.17, 15) is 18.0 Å². The van der Waals surface area contributed by atoms with Crippen LogP contribution in [0.15, 0.2) is 42.5 Å². The number of alkyl halides is 3. The molecule has 11 heteroatoms. The predicted molar refractivity (Wildman–Crippen MR) is 122 cm³/mol. The van der Waals surface area contributed by atoms with Crippen molar-refractivity contribution in [2.75, 3.05) is 19.6 Å². The minimum Gasteiger partial charge on any atom is -0.475 e. The number of carboxylic acid groups (broad SMARTS) is 1. The molecule has 1 aromatic heterocycles. The lowest BCUT2D eigenvalue weighted by Gasteiger charge is -2.34. The number of H-pyrrole nitrogens is 1. The molecule has 2 aromatic carbocycles. The molecule has 4 rings (SSSR count). The number of para-hydroxylation sites is 1. The number of nitrogens with one attached hydrogen (secondary N) is 2. The summed E-state index contributed by atoms with van der Waals surface area (Å²) in [5, 5.41) is 11.3. The Hall–Kier alpha value is -3.11. The number of hydrogen-bond donors (Lipinski definition) is 3. The second-order valence-corrected chi connectivity index (χ2v) is 8.29. The van der Waals surface area contributed by atoms with Gasteiger partial charge in [0, 0.05) is 43.5 Å². The van der Waals surface area contributed by atoms with Crippen molar-refractivity contribution in [1.29, 1.82) is 0 Å². The average molecular weight is 497 g/mol. The van der Waals surface area contributed by atoms with Gasteiger partial charge in [0.25, 0.3) is 0 Å². The van der Waals surface area contributed by atoms with Gasteiger partial charge in [-0.3, -0.25) is 4.79 Å². The van der Waals surface area contributed by atoms with Gasteiger partial charge in [-0.05, 0) is 36.2 Å². The number of rotatable bonds is 4. The van der Waals surface area contributed by atoms with Gasteiger partial charge < -0.3 is 20.3 Å². The molecule has 0 spiro atoms. The lowest BCUT2D eigenvalue weighted by molar-refractivity contribution is -0.192. The van der Waals surface area contributed by atoms with Crippen molar-refractivity contribution >= 4 is 34.5 Å². The van der Waals surface area contributed by atoms with Crippen LogP contribution in [0.1, 0.15) is 29.4 Å². The Morgan fingerprint density at radius 2 is 1.88 bits per heavy atom. The maximum atomic E-state index is 12.7. The highest BCUT2D eigenvalue weighted by Crippen LogP contribution is 2.21. The molecule has 1 atom stereocenters. The van der Waals surface area contributed by atoms with Crippen molar-refractivity contribution in [1.82, 2.24) is 20.2 Å². The van der Waals surface area contributed by atoms with Crippen LogP contribution in [0.3, 0.4) is 0 Å². The van der Waals surface area contributed by atoms with Gasteiger partial charge in [0.05, 0.1) is 11.0 Å². The SMILES string of the molecule is Cc1cccc2[nH]c(CCC(=O)N3CCNC(c4ccc(Cl)cc4)C3)nc12.O=C(O)C(F)(F)F. The number of halogens is 4. The van der Waals surface area contributed by atoms with Crippen LogP contribution in [0, 0.1) is 6.92 Å². The Balaban J connectivity index is 0.000000406. The lowest BCUT2D eigenvalue weighted by atomic mass is 10.0. The summed E-state index contributed by atoms with van der Waals surface area (Å²) in [6.07, 6.45) is -3.99. The fourth-order valence-corrected chi connectivity index (χ4v) is 3.75. The van der Waals surface area contributed by atoms with Gasteiger partial charge in [0.15, 0.2) is 0 Å². The molecule has 1 saturated heterocycles. The summed E-state index contributed by atoms with van der Waals surface area (Å²) in [6.45, 7) is 4.26. The minimum absolute atomic E-state index is 0.147. The summed E-state index contributed by atoms with van der Waals surface area (Å²) >= 11 is 5.97. The minimum atomic E-state index is -5.08. The smallest absolute Gasteiger partial charge is 0.475 e. The van der Waals surface area contributed by atoms with Crippen molar-refractivity contribution in [2.24, 2.45) is 0 Å². The largest absolute Gasteiger partial charge is 0.490 e. The van der Waals surface area contributed by atoms with E-state index in [1.165, 1.54) is 0 Å². The molecule has 0 radical (unpaired) electrons. The quantitative estimate of drug-likeness (QED) is 0.501. The van der Waals surface area contributed by atoms with Crippen LogP contribution in [-0.2, 0) is 16.0 Å². The third-order valence-electron chi connectivity index (χ3n) is 5.38. The topological polar surface area (TPSA) is 98.3 Å². The third-order valence-corrected chi connectivity index (χ3v) is 5.63. The first-order valence-corrected chi connectivity index (χ1v) is 10.9. The van der Waals surface area contributed by atoms with E-state index >= 15 is 0 Å². The van der Waals surface area contributed by atoms with Crippen molar-refractivity contribution in [3.63, 3.8) is 0 Å². The van der Waals surface area contributed by atoms with Crippen LogP contribution >= 0.6 is 11.6 Å². The molecule has 1 unspecified atom stereocenters. The number of nitrogens with zero attached hydrogens (tertiary/aromatic N) is 2. The van der Waals surface area contributed by atoms with Crippen LogP contribution in [0.5, 0.6) is 0 Å². The van der Waals surface area contributed by atoms with E-state index in [4.69, 9.17) is 21.5 Å². The molecular formula is C23H24ClF3N4O3. The van der Waals surface area contributed by atoms with E-state index in [2.05, 4.69) is 28.3 Å². The number of aromatic nitrogens is 2. The van der Waals surface area contributed by atoms with Gasteiger partial charge in [0.1, 0.15) is 5.82 Å². The number of carbonyl (C=O) groups excluding carboxylic acids is 1. The van der Waals surface area contributed by atoms with Crippen LogP contribution in [0.4, 0.5) is 13.2 Å². The van der Waals surface area contributed by atoms with Crippen LogP contribution < -0.4 is 5.32 Å². The molecule has 34 heavy (non-hydrogen) atoms. The van der Waals surface area contributed by atoms with E-state index in [1.807, 2.05) is 41.3 Å². The molecule has 0 bridgehead atoms. The summed E-state index contributed by atoms with van der Waals surface area (Å²) in [4.78, 5) is 31.5. The van der Waals surface area contributed by atoms with Gasteiger partial charge in [-0.2, -0.15) is 13.2 Å². The van der Waals surface area contributed by atoms with Gasteiger partial charge in [0.2, 0.25) is 5.91 Å². The Morgan fingerprint density at radius 1 is 1.21 bits per heavy atom. The van der Waals surface area contributed by atoms with E-state index in [0.29, 0.717) is 19.4 Å². The number of aryl methyl sites for hydroxylation is 2. The standard InChI is InChI=1S/C21H23ClN4O.C2HF3O2/c1-14-3-2-4-17-21(14)25-19(24-17)9-10-20(27)26-12-11-23-18(13-26)15-5-7-16(22)8-6-15;3-2(4,5)1(6)7/h2-8,18,23H,9-13H2,1H3,(H,24,25);(H,6,7). The first-order valence-electron chi connectivity index (χ1n) is 10.6. The number of fused-ring (bicyclic) bond motifs is 1. The van der Waals surface area contributed by atoms with Crippen molar-refractivity contribution in [3.8, 4) is 0 Å². The summed E-state index contributed by atoms with van der Waals surface area (Å²) in [5.41, 5.74) is 4.33. The molecule has 3 N–H and O–H groups in total. The predicted octanol–water partition coefficient (Wildman–Crippen LogP) is 4.26. The zero-order valence-corrected chi connectivity index (χ0v) is 19.1. The van der Waals surface area contributed by atoms with Crippen molar-refractivity contribution in [2.45, 2.75) is 32.0 Å². The second kappa shape index (κ2) is 10.9. The molecule has 7 nitrogen and oxygen atoms in total. The third kappa shape index (κ3) is 6.71. The van der Waals surface area contributed by atoms with Crippen molar-refractivity contribution < 1.29 is 27.9 Å². The molecule has 182 valence electrons. The summed E-state index contributed by atoms with van der Waals surface area (Å²) < 4.78 is 31.7. The zero-order valence-electron chi connectivity index (χ0n) is 18.3. The number of imidazole rings is 1. The molecular weight excluding hydrogens is 473 g/mol. The highest BCUT2D eigenvalue weighted by Gasteiger charge is 2.38. The van der Waals surface area contributed by atoms with E-state index < -0.39 is 12.1 Å². The fraction of sp³-hybridized carbons (Fsp3) is 0.348. The Labute approximate surface area is 198 Å². The number of aromatic amines is 1. The highest BCUT2D eigenvalue weighted by atomic mass is 35.5. The Kier molecular flexibility index (Phi) is 8.16. The van der Waals surface area contributed by atoms with E-state index in [0.717, 1.165) is 46.1 Å². The molecule has 1 fully saturated rings. The molecule has 3 aromatic rings. The first kappa shape index (κ1) is 25.5. The number of piperazine rings is 1. The number of aliphatic carboxylic acids is 1. The van der Waals surface area contributed by atoms with Crippen molar-refractivity contribution in [3.05, 3.63) is 64.4 Å². The number of hydrogen-bond acceptors (Lipinski definition) is 4. The number of carboxylic acids is 1. The van der Waals surface area contributed by atoms with Crippen LogP contribution in [0.25, 0.3) is 11.0 Å². The highest BCUT2D eigenvalue weighted by molar-refractivity contribution is 6.30. The molecule has 2 heterocycles. The second-order valence-electron chi connectivity index (χ2n) is 7.86. The van der Waals surface area contributed by atoms with Gasteiger partial charge in [-0.25, -0.2) is 9.78 Å². The average Bonchev–Trinajstić information content (AvgIpc) is 3.22. The Morgan fingerprint density at radius 3 is 2.50 bits per heavy atom.